The van der Waals surface area contributed by atoms with Crippen LogP contribution in [0.5, 0.6) is 5.75 Å². The molecular weight excluding hydrogens is 440 g/mol. The third-order valence-electron chi connectivity index (χ3n) is 5.29. The van der Waals surface area contributed by atoms with Crippen molar-refractivity contribution in [2.24, 2.45) is 0 Å². The number of nitrogens with one attached hydrogen (secondary N) is 2. The smallest absolute Gasteiger partial charge is 0.271 e. The predicted molar refractivity (Wildman–Crippen MR) is 127 cm³/mol. The Morgan fingerprint density at radius 2 is 1.85 bits per heavy atom. The number of methoxy groups -OCH3 is 1. The molecule has 2 N–H and O–H groups in total. The lowest BCUT2D eigenvalue weighted by Crippen LogP contribution is -2.52. The van der Waals surface area contributed by atoms with E-state index in [0.29, 0.717) is 37.9 Å². The Labute approximate surface area is 196 Å². The van der Waals surface area contributed by atoms with Gasteiger partial charge >= 0.3 is 0 Å². The highest BCUT2D eigenvalue weighted by molar-refractivity contribution is 7.14. The zero-order valence-electron chi connectivity index (χ0n) is 18.3. The van der Waals surface area contributed by atoms with E-state index in [1.54, 1.807) is 17.4 Å². The van der Waals surface area contributed by atoms with E-state index in [1.165, 1.54) is 11.3 Å². The zero-order valence-corrected chi connectivity index (χ0v) is 19.1. The molecule has 4 rings (SSSR count). The number of nitrogens with zero attached hydrogens (tertiary/aromatic N) is 2. The predicted octanol–water partition coefficient (Wildman–Crippen LogP) is 3.10. The molecule has 33 heavy (non-hydrogen) atoms. The quantitative estimate of drug-likeness (QED) is 0.530. The van der Waals surface area contributed by atoms with Crippen LogP contribution in [0.1, 0.15) is 16.1 Å². The first-order valence-corrected chi connectivity index (χ1v) is 11.6. The van der Waals surface area contributed by atoms with Gasteiger partial charge in [0.1, 0.15) is 17.5 Å². The molecule has 3 aromatic rings. The molecule has 0 radical (unpaired) electrons. The maximum atomic E-state index is 13.2. The average molecular weight is 467 g/mol. The lowest BCUT2D eigenvalue weighted by molar-refractivity contribution is -0.137. The maximum absolute atomic E-state index is 13.2. The van der Waals surface area contributed by atoms with Gasteiger partial charge in [0, 0.05) is 30.6 Å². The number of carbonyl (C=O) groups is 2. The number of carbonyl (C=O) groups excluding carboxylic acids is 2. The van der Waals surface area contributed by atoms with E-state index in [2.05, 4.69) is 15.6 Å². The van der Waals surface area contributed by atoms with Crippen LogP contribution < -0.4 is 15.4 Å². The fourth-order valence-electron chi connectivity index (χ4n) is 3.52. The van der Waals surface area contributed by atoms with Crippen molar-refractivity contribution in [3.8, 4) is 5.75 Å². The van der Waals surface area contributed by atoms with Crippen LogP contribution in [0, 0.1) is 0 Å². The molecule has 1 aromatic heterocycles. The van der Waals surface area contributed by atoms with Crippen molar-refractivity contribution >= 4 is 34.0 Å². The molecule has 1 saturated heterocycles. The molecule has 0 bridgehead atoms. The van der Waals surface area contributed by atoms with Gasteiger partial charge in [-0.2, -0.15) is 0 Å². The van der Waals surface area contributed by atoms with Crippen molar-refractivity contribution in [2.45, 2.75) is 12.5 Å². The van der Waals surface area contributed by atoms with Crippen LogP contribution in [0.4, 0.5) is 10.8 Å². The molecule has 9 heteroatoms. The van der Waals surface area contributed by atoms with Crippen LogP contribution >= 0.6 is 11.3 Å². The Hall–Kier alpha value is -3.43. The SMILES string of the molecule is COc1ccc(Nc2nc(C(=O)NC(Cc3ccccc3)C(=O)N3CCOCC3)cs2)cc1. The number of morpholine rings is 1. The van der Waals surface area contributed by atoms with Gasteiger partial charge in [-0.1, -0.05) is 30.3 Å². The first-order chi connectivity index (χ1) is 16.1. The monoisotopic (exact) mass is 466 g/mol. The van der Waals surface area contributed by atoms with Gasteiger partial charge in [-0.15, -0.1) is 11.3 Å². The Balaban J connectivity index is 1.44. The van der Waals surface area contributed by atoms with E-state index in [-0.39, 0.29) is 17.5 Å². The second kappa shape index (κ2) is 10.9. The lowest BCUT2D eigenvalue weighted by Gasteiger charge is -2.30. The summed E-state index contributed by atoms with van der Waals surface area (Å²) in [4.78, 5) is 32.3. The summed E-state index contributed by atoms with van der Waals surface area (Å²) in [6.07, 6.45) is 0.407. The van der Waals surface area contributed by atoms with E-state index in [0.717, 1.165) is 17.0 Å². The summed E-state index contributed by atoms with van der Waals surface area (Å²) in [6, 6.07) is 16.4. The normalized spacial score (nSPS) is 14.4. The number of amides is 2. The summed E-state index contributed by atoms with van der Waals surface area (Å²) in [5, 5.41) is 8.35. The van der Waals surface area contributed by atoms with Crippen LogP contribution in [0.15, 0.2) is 60.0 Å². The summed E-state index contributed by atoms with van der Waals surface area (Å²) in [6.45, 7) is 2.05. The van der Waals surface area contributed by atoms with E-state index >= 15 is 0 Å². The molecule has 8 nitrogen and oxygen atoms in total. The van der Waals surface area contributed by atoms with Gasteiger partial charge in [-0.05, 0) is 29.8 Å². The molecule has 0 aliphatic carbocycles. The molecule has 0 saturated carbocycles. The molecule has 1 fully saturated rings. The van der Waals surface area contributed by atoms with Gasteiger partial charge in [0.2, 0.25) is 5.91 Å². The number of ether oxygens (including phenoxy) is 2. The molecular formula is C24H26N4O4S. The largest absolute Gasteiger partial charge is 0.497 e. The van der Waals surface area contributed by atoms with Gasteiger partial charge in [0.25, 0.3) is 5.91 Å². The first-order valence-electron chi connectivity index (χ1n) is 10.7. The van der Waals surface area contributed by atoms with Crippen LogP contribution in [0.3, 0.4) is 0 Å². The van der Waals surface area contributed by atoms with Crippen molar-refractivity contribution in [3.05, 3.63) is 71.2 Å². The number of aromatic nitrogens is 1. The van der Waals surface area contributed by atoms with Crippen LogP contribution in [-0.2, 0) is 16.0 Å². The summed E-state index contributed by atoms with van der Waals surface area (Å²) in [5.74, 6) is 0.271. The van der Waals surface area contributed by atoms with Crippen molar-refractivity contribution < 1.29 is 19.1 Å². The highest BCUT2D eigenvalue weighted by atomic mass is 32.1. The molecule has 2 aromatic carbocycles. The van der Waals surface area contributed by atoms with Gasteiger partial charge < -0.3 is 25.0 Å². The van der Waals surface area contributed by atoms with Crippen molar-refractivity contribution in [3.63, 3.8) is 0 Å². The van der Waals surface area contributed by atoms with Gasteiger partial charge in [-0.25, -0.2) is 4.98 Å². The third kappa shape index (κ3) is 6.09. The molecule has 2 amide bonds. The summed E-state index contributed by atoms with van der Waals surface area (Å²) < 4.78 is 10.5. The lowest BCUT2D eigenvalue weighted by atomic mass is 10.0. The van der Waals surface area contributed by atoms with Crippen molar-refractivity contribution in [1.29, 1.82) is 0 Å². The molecule has 1 atom stereocenters. The highest BCUT2D eigenvalue weighted by Gasteiger charge is 2.28. The van der Waals surface area contributed by atoms with Crippen LogP contribution in [0.25, 0.3) is 0 Å². The van der Waals surface area contributed by atoms with Gasteiger partial charge in [0.15, 0.2) is 5.13 Å². The number of anilines is 2. The molecule has 1 aliphatic rings. The minimum Gasteiger partial charge on any atom is -0.497 e. The van der Waals surface area contributed by atoms with Gasteiger partial charge in [0.05, 0.1) is 20.3 Å². The summed E-state index contributed by atoms with van der Waals surface area (Å²) >= 11 is 1.32. The topological polar surface area (TPSA) is 92.8 Å². The van der Waals surface area contributed by atoms with Gasteiger partial charge in [-0.3, -0.25) is 9.59 Å². The number of hydrogen-bond acceptors (Lipinski definition) is 7. The van der Waals surface area contributed by atoms with Crippen LogP contribution in [-0.4, -0.2) is 61.2 Å². The zero-order chi connectivity index (χ0) is 23.0. The second-order valence-corrected chi connectivity index (χ2v) is 8.40. The minimum absolute atomic E-state index is 0.109. The van der Waals surface area contributed by atoms with E-state index in [4.69, 9.17) is 9.47 Å². The minimum atomic E-state index is -0.683. The van der Waals surface area contributed by atoms with E-state index in [1.807, 2.05) is 54.6 Å². The molecule has 1 unspecified atom stereocenters. The Bertz CT molecular complexity index is 1070. The summed E-state index contributed by atoms with van der Waals surface area (Å²) in [5.41, 5.74) is 2.08. The Morgan fingerprint density at radius 1 is 1.12 bits per heavy atom. The fourth-order valence-corrected chi connectivity index (χ4v) is 4.23. The number of thiazole rings is 1. The fraction of sp³-hybridized carbons (Fsp3) is 0.292. The number of hydrogen-bond donors (Lipinski definition) is 2. The van der Waals surface area contributed by atoms with E-state index in [9.17, 15) is 9.59 Å². The maximum Gasteiger partial charge on any atom is 0.271 e. The van der Waals surface area contributed by atoms with Crippen LogP contribution in [0.2, 0.25) is 0 Å². The molecule has 2 heterocycles. The number of rotatable bonds is 8. The third-order valence-corrected chi connectivity index (χ3v) is 6.04. The molecule has 0 spiro atoms. The van der Waals surface area contributed by atoms with E-state index < -0.39 is 6.04 Å². The number of benzene rings is 2. The standard InChI is InChI=1S/C24H26N4O4S/c1-31-19-9-7-18(8-10-19)25-24-27-21(16-33-24)22(29)26-20(15-17-5-3-2-4-6-17)23(30)28-11-13-32-14-12-28/h2-10,16,20H,11-15H2,1H3,(H,25,27)(H,26,29). The van der Waals surface area contributed by atoms with Crippen molar-refractivity contribution in [1.82, 2.24) is 15.2 Å². The average Bonchev–Trinajstić information content (AvgIpc) is 3.33. The summed E-state index contributed by atoms with van der Waals surface area (Å²) in [7, 11) is 1.61. The molecule has 1 aliphatic heterocycles. The Kier molecular flexibility index (Phi) is 7.54. The first kappa shape index (κ1) is 22.8. The van der Waals surface area contributed by atoms with Crippen molar-refractivity contribution in [2.75, 3.05) is 38.7 Å². The highest BCUT2D eigenvalue weighted by Crippen LogP contribution is 2.23. The Morgan fingerprint density at radius 3 is 2.55 bits per heavy atom. The second-order valence-electron chi connectivity index (χ2n) is 7.54. The molecule has 172 valence electrons.